The molecule has 1 rings (SSSR count). The number of ether oxygens (including phenoxy) is 1. The number of aromatic nitrogens is 1. The Morgan fingerprint density at radius 1 is 1.67 bits per heavy atom. The Hall–Kier alpha value is -2.42. The number of hydrogen-bond acceptors (Lipinski definition) is 5. The van der Waals surface area contributed by atoms with E-state index in [4.69, 9.17) is 0 Å². The second kappa shape index (κ2) is 4.72. The van der Waals surface area contributed by atoms with Gasteiger partial charge in [0, 0.05) is 18.2 Å². The van der Waals surface area contributed by atoms with Gasteiger partial charge in [0.15, 0.2) is 5.69 Å². The van der Waals surface area contributed by atoms with Crippen molar-refractivity contribution in [2.75, 3.05) is 7.11 Å². The van der Waals surface area contributed by atoms with E-state index in [0.29, 0.717) is 0 Å². The van der Waals surface area contributed by atoms with Gasteiger partial charge in [0.25, 0.3) is 0 Å². The number of esters is 1. The molecule has 6 nitrogen and oxygen atoms in total. The quantitative estimate of drug-likeness (QED) is 0.289. The van der Waals surface area contributed by atoms with Crippen LogP contribution in [0.4, 0.5) is 5.69 Å². The summed E-state index contributed by atoms with van der Waals surface area (Å²) in [5.74, 6) is 3.57. The van der Waals surface area contributed by atoms with Gasteiger partial charge in [-0.25, -0.2) is 9.78 Å². The Morgan fingerprint density at radius 2 is 2.40 bits per heavy atom. The maximum absolute atomic E-state index is 10.7. The molecule has 0 radical (unpaired) electrons. The zero-order valence-corrected chi connectivity index (χ0v) is 7.76. The van der Waals surface area contributed by atoms with Crippen molar-refractivity contribution in [3.63, 3.8) is 0 Å². The van der Waals surface area contributed by atoms with Crippen LogP contribution in [0.1, 0.15) is 5.69 Å². The maximum Gasteiger partial charge on any atom is 0.384 e. The molecule has 0 unspecified atom stereocenters. The van der Waals surface area contributed by atoms with Crippen LogP contribution in [0.3, 0.4) is 0 Å². The molecule has 0 N–H and O–H groups in total. The molecule has 0 atom stereocenters. The van der Waals surface area contributed by atoms with Crippen LogP contribution in [0.5, 0.6) is 0 Å². The van der Waals surface area contributed by atoms with E-state index in [1.54, 1.807) is 0 Å². The molecule has 1 aromatic rings. The highest BCUT2D eigenvalue weighted by Gasteiger charge is 2.11. The smallest absolute Gasteiger partial charge is 0.384 e. The number of carbonyl (C=O) groups excluding carboxylic acids is 1. The molecule has 76 valence electrons. The van der Waals surface area contributed by atoms with Crippen LogP contribution in [0.15, 0.2) is 18.3 Å². The van der Waals surface area contributed by atoms with Crippen molar-refractivity contribution < 1.29 is 14.5 Å². The Morgan fingerprint density at radius 3 is 3.00 bits per heavy atom. The fraction of sp³-hybridized carbons (Fsp3) is 0.111. The van der Waals surface area contributed by atoms with Crippen molar-refractivity contribution in [3.05, 3.63) is 34.1 Å². The lowest BCUT2D eigenvalue weighted by molar-refractivity contribution is -0.385. The van der Waals surface area contributed by atoms with Crippen LogP contribution in [0, 0.1) is 22.0 Å². The van der Waals surface area contributed by atoms with Gasteiger partial charge in [-0.3, -0.25) is 10.1 Å². The van der Waals surface area contributed by atoms with Crippen molar-refractivity contribution in [1.82, 2.24) is 4.98 Å². The predicted octanol–water partition coefficient (Wildman–Crippen LogP) is 0.514. The van der Waals surface area contributed by atoms with Gasteiger partial charge in [-0.05, 0) is 12.0 Å². The van der Waals surface area contributed by atoms with Crippen LogP contribution in [0.25, 0.3) is 0 Å². The van der Waals surface area contributed by atoms with Crippen LogP contribution < -0.4 is 0 Å². The van der Waals surface area contributed by atoms with Crippen LogP contribution in [-0.4, -0.2) is 23.0 Å². The largest absolute Gasteiger partial charge is 0.459 e. The molecule has 0 aliphatic heterocycles. The van der Waals surface area contributed by atoms with E-state index in [9.17, 15) is 14.9 Å². The average molecular weight is 206 g/mol. The number of nitrogens with zero attached hydrogens (tertiary/aromatic N) is 2. The van der Waals surface area contributed by atoms with Crippen LogP contribution >= 0.6 is 0 Å². The summed E-state index contributed by atoms with van der Waals surface area (Å²) in [7, 11) is 1.17. The summed E-state index contributed by atoms with van der Waals surface area (Å²) in [6.07, 6.45) is 1.36. The van der Waals surface area contributed by atoms with Gasteiger partial charge >= 0.3 is 11.7 Å². The predicted molar refractivity (Wildman–Crippen MR) is 49.8 cm³/mol. The van der Waals surface area contributed by atoms with Crippen molar-refractivity contribution in [2.45, 2.75) is 0 Å². The van der Waals surface area contributed by atoms with Crippen molar-refractivity contribution in [3.8, 4) is 11.8 Å². The molecule has 0 aromatic carbocycles. The second-order valence-electron chi connectivity index (χ2n) is 2.37. The summed E-state index contributed by atoms with van der Waals surface area (Å²) in [5.41, 5.74) is -0.304. The van der Waals surface area contributed by atoms with E-state index in [0.717, 1.165) is 0 Å². The Balaban J connectivity index is 3.08. The standard InChI is InChI=1S/C9H6N2O4/c1-15-9(12)5-4-7-8(11(13)14)3-2-6-10-7/h2-3,6H,1H3. The summed E-state index contributed by atoms with van der Waals surface area (Å²) < 4.78 is 4.26. The summed E-state index contributed by atoms with van der Waals surface area (Å²) >= 11 is 0. The Labute approximate surface area is 85.0 Å². The monoisotopic (exact) mass is 206 g/mol. The molecule has 0 fully saturated rings. The van der Waals surface area contributed by atoms with Gasteiger partial charge < -0.3 is 4.74 Å². The summed E-state index contributed by atoms with van der Waals surface area (Å²) in [5, 5.41) is 10.5. The van der Waals surface area contributed by atoms with Gasteiger partial charge in [-0.15, -0.1) is 0 Å². The minimum absolute atomic E-state index is 0.0621. The highest BCUT2D eigenvalue weighted by Crippen LogP contribution is 2.12. The van der Waals surface area contributed by atoms with E-state index in [1.807, 2.05) is 0 Å². The maximum atomic E-state index is 10.7. The highest BCUT2D eigenvalue weighted by molar-refractivity contribution is 5.89. The topological polar surface area (TPSA) is 82.3 Å². The molecular weight excluding hydrogens is 200 g/mol. The molecule has 0 saturated carbocycles. The minimum atomic E-state index is -0.769. The Bertz CT molecular complexity index is 459. The summed E-state index contributed by atoms with van der Waals surface area (Å²) in [6.45, 7) is 0. The van der Waals surface area contributed by atoms with E-state index in [2.05, 4.69) is 21.6 Å². The van der Waals surface area contributed by atoms with E-state index >= 15 is 0 Å². The zero-order chi connectivity index (χ0) is 11.3. The molecule has 1 heterocycles. The average Bonchev–Trinajstić information content (AvgIpc) is 2.26. The van der Waals surface area contributed by atoms with E-state index in [1.165, 1.54) is 25.4 Å². The van der Waals surface area contributed by atoms with Crippen LogP contribution in [0.2, 0.25) is 0 Å². The lowest BCUT2D eigenvalue weighted by atomic mass is 10.3. The number of carbonyl (C=O) groups is 1. The van der Waals surface area contributed by atoms with Crippen molar-refractivity contribution in [2.24, 2.45) is 0 Å². The van der Waals surface area contributed by atoms with E-state index < -0.39 is 10.9 Å². The van der Waals surface area contributed by atoms with Gasteiger partial charge in [-0.2, -0.15) is 0 Å². The molecule has 0 aliphatic carbocycles. The molecule has 0 bridgehead atoms. The molecule has 0 spiro atoms. The molecule has 1 aromatic heterocycles. The molecule has 6 heteroatoms. The van der Waals surface area contributed by atoms with Gasteiger partial charge in [0.1, 0.15) is 0 Å². The first kappa shape index (κ1) is 10.7. The third-order valence-electron chi connectivity index (χ3n) is 1.45. The minimum Gasteiger partial charge on any atom is -0.459 e. The number of pyridine rings is 1. The third kappa shape index (κ3) is 2.77. The summed E-state index contributed by atoms with van der Waals surface area (Å²) in [6, 6.07) is 2.68. The van der Waals surface area contributed by atoms with E-state index in [-0.39, 0.29) is 11.4 Å². The number of nitro groups is 1. The SMILES string of the molecule is COC(=O)C#Cc1ncccc1[N+](=O)[O-]. The van der Waals surface area contributed by atoms with Crippen LogP contribution in [-0.2, 0) is 9.53 Å². The number of rotatable bonds is 1. The third-order valence-corrected chi connectivity index (χ3v) is 1.45. The molecule has 0 aliphatic rings. The number of methoxy groups -OCH3 is 1. The normalized spacial score (nSPS) is 8.60. The lowest BCUT2D eigenvalue weighted by Crippen LogP contribution is -1.97. The fourth-order valence-corrected chi connectivity index (χ4v) is 0.802. The zero-order valence-electron chi connectivity index (χ0n) is 7.76. The molecular formula is C9H6N2O4. The molecule has 0 saturated heterocycles. The van der Waals surface area contributed by atoms with Gasteiger partial charge in [0.05, 0.1) is 12.0 Å². The first-order valence-electron chi connectivity index (χ1n) is 3.84. The lowest BCUT2D eigenvalue weighted by Gasteiger charge is -1.92. The van der Waals surface area contributed by atoms with Gasteiger partial charge in [-0.1, -0.05) is 0 Å². The van der Waals surface area contributed by atoms with Gasteiger partial charge in [0.2, 0.25) is 0 Å². The van der Waals surface area contributed by atoms with Crippen molar-refractivity contribution >= 4 is 11.7 Å². The molecule has 0 amide bonds. The second-order valence-corrected chi connectivity index (χ2v) is 2.37. The number of hydrogen-bond donors (Lipinski definition) is 0. The Kier molecular flexibility index (Phi) is 3.35. The first-order chi connectivity index (χ1) is 7.15. The first-order valence-corrected chi connectivity index (χ1v) is 3.84. The molecule has 15 heavy (non-hydrogen) atoms. The van der Waals surface area contributed by atoms with Crippen molar-refractivity contribution in [1.29, 1.82) is 0 Å². The summed E-state index contributed by atoms with van der Waals surface area (Å²) in [4.78, 5) is 24.3. The fourth-order valence-electron chi connectivity index (χ4n) is 0.802. The highest BCUT2D eigenvalue weighted by atomic mass is 16.6.